The van der Waals surface area contributed by atoms with Crippen LogP contribution in [0.5, 0.6) is 11.5 Å². The number of hydrazone groups is 1. The van der Waals surface area contributed by atoms with Gasteiger partial charge in [-0.15, -0.1) is 0 Å². The maximum Gasteiger partial charge on any atom is 0.271 e. The summed E-state index contributed by atoms with van der Waals surface area (Å²) in [5.41, 5.74) is 5.90. The Kier molecular flexibility index (Phi) is 7.46. The van der Waals surface area contributed by atoms with Crippen molar-refractivity contribution in [1.82, 2.24) is 5.43 Å². The van der Waals surface area contributed by atoms with E-state index in [0.29, 0.717) is 35.3 Å². The van der Waals surface area contributed by atoms with Crippen molar-refractivity contribution < 1.29 is 14.3 Å². The summed E-state index contributed by atoms with van der Waals surface area (Å²) in [7, 11) is 0. The molecule has 0 radical (unpaired) electrons. The van der Waals surface area contributed by atoms with Crippen LogP contribution >= 0.6 is 11.6 Å². The van der Waals surface area contributed by atoms with E-state index in [1.54, 1.807) is 12.3 Å². The normalized spacial score (nSPS) is 10.8. The fraction of sp³-hybridized carbons (Fsp3) is 0.167. The van der Waals surface area contributed by atoms with E-state index in [1.165, 1.54) is 0 Å². The molecule has 30 heavy (non-hydrogen) atoms. The highest BCUT2D eigenvalue weighted by Gasteiger charge is 2.07. The molecule has 154 valence electrons. The number of benzene rings is 3. The smallest absolute Gasteiger partial charge is 0.271 e. The maximum absolute atomic E-state index is 12.2. The van der Waals surface area contributed by atoms with E-state index in [2.05, 4.69) is 10.5 Å². The lowest BCUT2D eigenvalue weighted by Gasteiger charge is -2.12. The molecule has 0 unspecified atom stereocenters. The van der Waals surface area contributed by atoms with Gasteiger partial charge in [-0.1, -0.05) is 41.4 Å². The molecule has 5 nitrogen and oxygen atoms in total. The van der Waals surface area contributed by atoms with Crippen molar-refractivity contribution in [2.45, 2.75) is 20.5 Å². The molecule has 0 heterocycles. The molecule has 3 rings (SSSR count). The van der Waals surface area contributed by atoms with Gasteiger partial charge in [-0.05, 0) is 67.4 Å². The number of hydrogen-bond donors (Lipinski definition) is 1. The van der Waals surface area contributed by atoms with Gasteiger partial charge in [-0.2, -0.15) is 5.10 Å². The predicted octanol–water partition coefficient (Wildman–Crippen LogP) is 5.39. The highest BCUT2D eigenvalue weighted by molar-refractivity contribution is 6.30. The van der Waals surface area contributed by atoms with Crippen LogP contribution in [0.3, 0.4) is 0 Å². The third-order valence-electron chi connectivity index (χ3n) is 4.24. The van der Waals surface area contributed by atoms with Crippen LogP contribution in [0.15, 0.2) is 71.8 Å². The van der Waals surface area contributed by atoms with Crippen LogP contribution < -0.4 is 14.9 Å². The van der Waals surface area contributed by atoms with E-state index in [9.17, 15) is 4.79 Å². The Hall–Kier alpha value is -3.31. The lowest BCUT2D eigenvalue weighted by atomic mass is 10.1. The monoisotopic (exact) mass is 422 g/mol. The summed E-state index contributed by atoms with van der Waals surface area (Å²) in [6.07, 6.45) is 1.57. The van der Waals surface area contributed by atoms with Crippen molar-refractivity contribution >= 4 is 23.7 Å². The Morgan fingerprint density at radius 3 is 2.57 bits per heavy atom. The molecule has 0 aromatic heterocycles. The number of aryl methyl sites for hydroxylation is 1. The summed E-state index contributed by atoms with van der Waals surface area (Å²) in [5, 5.41) is 4.73. The predicted molar refractivity (Wildman–Crippen MR) is 120 cm³/mol. The van der Waals surface area contributed by atoms with Gasteiger partial charge in [0.15, 0.2) is 11.5 Å². The molecule has 0 atom stereocenters. The maximum atomic E-state index is 12.2. The van der Waals surface area contributed by atoms with Crippen LogP contribution in [0.25, 0.3) is 0 Å². The van der Waals surface area contributed by atoms with E-state index in [-0.39, 0.29) is 5.91 Å². The third kappa shape index (κ3) is 6.09. The topological polar surface area (TPSA) is 59.9 Å². The molecule has 0 saturated carbocycles. The van der Waals surface area contributed by atoms with Gasteiger partial charge in [0.1, 0.15) is 6.61 Å². The Bertz CT molecular complexity index is 1030. The van der Waals surface area contributed by atoms with Gasteiger partial charge in [-0.25, -0.2) is 5.43 Å². The summed E-state index contributed by atoms with van der Waals surface area (Å²) in [4.78, 5) is 12.2. The minimum atomic E-state index is -0.261. The van der Waals surface area contributed by atoms with Crippen LogP contribution in [0.2, 0.25) is 5.02 Å². The van der Waals surface area contributed by atoms with Crippen molar-refractivity contribution in [1.29, 1.82) is 0 Å². The molecule has 1 N–H and O–H groups in total. The summed E-state index contributed by atoms with van der Waals surface area (Å²) < 4.78 is 11.6. The van der Waals surface area contributed by atoms with Crippen molar-refractivity contribution in [2.24, 2.45) is 5.10 Å². The zero-order valence-electron chi connectivity index (χ0n) is 16.9. The highest BCUT2D eigenvalue weighted by atomic mass is 35.5. The minimum Gasteiger partial charge on any atom is -0.490 e. The average molecular weight is 423 g/mol. The third-order valence-corrected chi connectivity index (χ3v) is 4.49. The van der Waals surface area contributed by atoms with Crippen LogP contribution in [-0.2, 0) is 6.61 Å². The van der Waals surface area contributed by atoms with Crippen molar-refractivity contribution in [3.05, 3.63) is 94.0 Å². The second kappa shape index (κ2) is 10.5. The molecule has 0 saturated heterocycles. The first kappa shape index (κ1) is 21.4. The number of ether oxygens (including phenoxy) is 2. The van der Waals surface area contributed by atoms with Gasteiger partial charge >= 0.3 is 0 Å². The molecular weight excluding hydrogens is 400 g/mol. The van der Waals surface area contributed by atoms with E-state index >= 15 is 0 Å². The second-order valence-electron chi connectivity index (χ2n) is 6.62. The Morgan fingerprint density at radius 2 is 1.83 bits per heavy atom. The van der Waals surface area contributed by atoms with E-state index in [1.807, 2.05) is 74.5 Å². The fourth-order valence-electron chi connectivity index (χ4n) is 2.75. The molecule has 3 aromatic rings. The Morgan fingerprint density at radius 1 is 1.03 bits per heavy atom. The zero-order chi connectivity index (χ0) is 21.3. The van der Waals surface area contributed by atoms with Crippen LogP contribution in [0, 0.1) is 6.92 Å². The fourth-order valence-corrected chi connectivity index (χ4v) is 2.88. The summed E-state index contributed by atoms with van der Waals surface area (Å²) in [6.45, 7) is 4.75. The number of amides is 1. The first-order valence-corrected chi connectivity index (χ1v) is 9.97. The molecule has 0 aliphatic rings. The minimum absolute atomic E-state index is 0.261. The average Bonchev–Trinajstić information content (AvgIpc) is 2.74. The van der Waals surface area contributed by atoms with Gasteiger partial charge in [0.25, 0.3) is 5.91 Å². The highest BCUT2D eigenvalue weighted by Crippen LogP contribution is 2.29. The number of carbonyl (C=O) groups excluding carboxylic acids is 1. The summed E-state index contributed by atoms with van der Waals surface area (Å²) in [5.74, 6) is 0.982. The molecule has 0 aliphatic heterocycles. The second-order valence-corrected chi connectivity index (χ2v) is 7.06. The van der Waals surface area contributed by atoms with Gasteiger partial charge < -0.3 is 9.47 Å². The van der Waals surface area contributed by atoms with Gasteiger partial charge in [0, 0.05) is 10.6 Å². The van der Waals surface area contributed by atoms with Gasteiger partial charge in [0.05, 0.1) is 12.8 Å². The van der Waals surface area contributed by atoms with Gasteiger partial charge in [0.2, 0.25) is 0 Å². The zero-order valence-corrected chi connectivity index (χ0v) is 17.6. The van der Waals surface area contributed by atoms with Crippen molar-refractivity contribution in [3.8, 4) is 11.5 Å². The van der Waals surface area contributed by atoms with Crippen LogP contribution in [0.1, 0.15) is 34.0 Å². The van der Waals surface area contributed by atoms with E-state index in [4.69, 9.17) is 21.1 Å². The Labute approximate surface area is 181 Å². The lowest BCUT2D eigenvalue weighted by Crippen LogP contribution is -2.17. The number of nitrogens with one attached hydrogen (secondary N) is 1. The molecule has 0 aliphatic carbocycles. The van der Waals surface area contributed by atoms with Gasteiger partial charge in [-0.3, -0.25) is 4.79 Å². The standard InChI is InChI=1S/C24H23ClN2O3/c1-3-29-23-14-19(15-26-27-24(28)20-6-4-5-17(2)13-20)9-12-22(23)30-16-18-7-10-21(25)11-8-18/h4-15H,3,16H2,1-2H3,(H,27,28)/b26-15+. The molecule has 3 aromatic carbocycles. The van der Waals surface area contributed by atoms with E-state index < -0.39 is 0 Å². The molecule has 0 fully saturated rings. The quantitative estimate of drug-likeness (QED) is 0.391. The number of nitrogens with zero attached hydrogens (tertiary/aromatic N) is 1. The van der Waals surface area contributed by atoms with Crippen molar-refractivity contribution in [2.75, 3.05) is 6.61 Å². The molecule has 6 heteroatoms. The molecule has 1 amide bonds. The first-order valence-electron chi connectivity index (χ1n) is 9.59. The number of hydrogen-bond acceptors (Lipinski definition) is 4. The number of carbonyl (C=O) groups is 1. The number of halogens is 1. The van der Waals surface area contributed by atoms with E-state index in [0.717, 1.165) is 16.7 Å². The summed E-state index contributed by atoms with van der Waals surface area (Å²) >= 11 is 5.92. The lowest BCUT2D eigenvalue weighted by molar-refractivity contribution is 0.0955. The Balaban J connectivity index is 1.65. The first-order chi connectivity index (χ1) is 14.5. The van der Waals surface area contributed by atoms with Crippen LogP contribution in [0.4, 0.5) is 0 Å². The largest absolute Gasteiger partial charge is 0.490 e. The molecular formula is C24H23ClN2O3. The molecule has 0 bridgehead atoms. The van der Waals surface area contributed by atoms with Crippen molar-refractivity contribution in [3.63, 3.8) is 0 Å². The SMILES string of the molecule is CCOc1cc(/C=N/NC(=O)c2cccc(C)c2)ccc1OCc1ccc(Cl)cc1. The van der Waals surface area contributed by atoms with Crippen LogP contribution in [-0.4, -0.2) is 18.7 Å². The summed E-state index contributed by atoms with van der Waals surface area (Å²) in [6, 6.07) is 20.3. The molecule has 0 spiro atoms. The number of rotatable bonds is 8.